The second kappa shape index (κ2) is 8.25. The third kappa shape index (κ3) is 5.63. The van der Waals surface area contributed by atoms with Crippen molar-refractivity contribution in [2.45, 2.75) is 40.0 Å². The molecule has 1 saturated heterocycles. The van der Waals surface area contributed by atoms with Gasteiger partial charge in [0.2, 0.25) is 0 Å². The summed E-state index contributed by atoms with van der Waals surface area (Å²) in [5, 5.41) is 0. The van der Waals surface area contributed by atoms with E-state index >= 15 is 0 Å². The Balaban J connectivity index is 0.000000492. The van der Waals surface area contributed by atoms with Gasteiger partial charge in [-0.25, -0.2) is 4.39 Å². The zero-order valence-corrected chi connectivity index (χ0v) is 12.0. The summed E-state index contributed by atoms with van der Waals surface area (Å²) in [7, 11) is 0. The molecule has 0 aliphatic carbocycles. The van der Waals surface area contributed by atoms with E-state index in [4.69, 9.17) is 0 Å². The Hall–Kier alpha value is -0.890. The highest BCUT2D eigenvalue weighted by Gasteiger charge is 2.17. The predicted molar refractivity (Wildman–Crippen MR) is 76.3 cm³/mol. The van der Waals surface area contributed by atoms with Crippen molar-refractivity contribution in [3.63, 3.8) is 0 Å². The average molecular weight is 251 g/mol. The summed E-state index contributed by atoms with van der Waals surface area (Å²) in [5.41, 5.74) is 1.23. The number of hydrogen-bond acceptors (Lipinski definition) is 1. The fraction of sp³-hybridized carbons (Fsp3) is 0.625. The van der Waals surface area contributed by atoms with Gasteiger partial charge in [-0.1, -0.05) is 39.3 Å². The topological polar surface area (TPSA) is 3.24 Å². The van der Waals surface area contributed by atoms with Crippen molar-refractivity contribution < 1.29 is 4.39 Å². The number of benzene rings is 1. The van der Waals surface area contributed by atoms with Crippen molar-refractivity contribution in [1.82, 2.24) is 4.90 Å². The van der Waals surface area contributed by atoms with Gasteiger partial charge < -0.3 is 4.90 Å². The van der Waals surface area contributed by atoms with Crippen LogP contribution in [0.15, 0.2) is 24.3 Å². The Kier molecular flexibility index (Phi) is 6.96. The van der Waals surface area contributed by atoms with E-state index in [-0.39, 0.29) is 5.82 Å². The number of hydrogen-bond donors (Lipinski definition) is 0. The van der Waals surface area contributed by atoms with E-state index in [1.165, 1.54) is 31.5 Å². The molecule has 1 aliphatic heterocycles. The molecule has 1 unspecified atom stereocenters. The molecule has 0 N–H and O–H groups in total. The molecule has 102 valence electrons. The zero-order valence-electron chi connectivity index (χ0n) is 12.0. The second-order valence-electron chi connectivity index (χ2n) is 5.28. The Morgan fingerprint density at radius 3 is 2.33 bits per heavy atom. The number of nitrogens with zero attached hydrogens (tertiary/aromatic N) is 1. The first kappa shape index (κ1) is 15.2. The van der Waals surface area contributed by atoms with Crippen LogP contribution in [0.1, 0.15) is 39.2 Å². The molecule has 1 aliphatic rings. The summed E-state index contributed by atoms with van der Waals surface area (Å²) in [4.78, 5) is 2.49. The highest BCUT2D eigenvalue weighted by Crippen LogP contribution is 2.15. The molecule has 1 aromatic carbocycles. The van der Waals surface area contributed by atoms with E-state index < -0.39 is 0 Å². The molecule has 0 saturated carbocycles. The molecular formula is C16H26FN. The van der Waals surface area contributed by atoms with Crippen LogP contribution in [0.5, 0.6) is 0 Å². The van der Waals surface area contributed by atoms with E-state index in [1.807, 2.05) is 12.1 Å². The van der Waals surface area contributed by atoms with Crippen molar-refractivity contribution in [2.24, 2.45) is 5.92 Å². The van der Waals surface area contributed by atoms with Crippen LogP contribution in [0.2, 0.25) is 0 Å². The fourth-order valence-corrected chi connectivity index (χ4v) is 2.17. The number of likely N-dealkylation sites (tertiary alicyclic amines) is 1. The van der Waals surface area contributed by atoms with Crippen LogP contribution in [-0.2, 0) is 6.42 Å². The quantitative estimate of drug-likeness (QED) is 0.781. The van der Waals surface area contributed by atoms with E-state index in [0.29, 0.717) is 0 Å². The maximum absolute atomic E-state index is 12.7. The Bertz CT molecular complexity index is 320. The minimum atomic E-state index is -0.145. The molecule has 1 heterocycles. The van der Waals surface area contributed by atoms with Crippen LogP contribution >= 0.6 is 0 Å². The van der Waals surface area contributed by atoms with Gasteiger partial charge >= 0.3 is 0 Å². The maximum Gasteiger partial charge on any atom is 0.123 e. The molecule has 18 heavy (non-hydrogen) atoms. The Labute approximate surface area is 111 Å². The van der Waals surface area contributed by atoms with Crippen molar-refractivity contribution >= 4 is 0 Å². The SMILES string of the molecule is CC1CCN(CCc2ccc(F)cc2)C1.CCC. The number of rotatable bonds is 3. The largest absolute Gasteiger partial charge is 0.303 e. The minimum Gasteiger partial charge on any atom is -0.303 e. The summed E-state index contributed by atoms with van der Waals surface area (Å²) in [6, 6.07) is 6.85. The molecule has 1 fully saturated rings. The Morgan fingerprint density at radius 1 is 1.22 bits per heavy atom. The van der Waals surface area contributed by atoms with Gasteiger partial charge in [0.15, 0.2) is 0 Å². The van der Waals surface area contributed by atoms with Gasteiger partial charge in [-0.05, 0) is 43.0 Å². The fourth-order valence-electron chi connectivity index (χ4n) is 2.17. The lowest BCUT2D eigenvalue weighted by Crippen LogP contribution is -2.22. The minimum absolute atomic E-state index is 0.145. The van der Waals surface area contributed by atoms with Crippen LogP contribution in [0.25, 0.3) is 0 Å². The molecule has 0 spiro atoms. The first-order chi connectivity index (χ1) is 8.65. The van der Waals surface area contributed by atoms with Crippen LogP contribution in [-0.4, -0.2) is 24.5 Å². The molecular weight excluding hydrogens is 225 g/mol. The van der Waals surface area contributed by atoms with Gasteiger partial charge in [-0.3, -0.25) is 0 Å². The predicted octanol–water partition coefficient (Wildman–Crippen LogP) is 4.13. The Morgan fingerprint density at radius 2 is 1.83 bits per heavy atom. The zero-order chi connectivity index (χ0) is 13.4. The van der Waals surface area contributed by atoms with Gasteiger partial charge in [0.05, 0.1) is 0 Å². The summed E-state index contributed by atoms with van der Waals surface area (Å²) in [5.74, 6) is 0.701. The van der Waals surface area contributed by atoms with Crippen LogP contribution < -0.4 is 0 Å². The van der Waals surface area contributed by atoms with Crippen molar-refractivity contribution in [1.29, 1.82) is 0 Å². The molecule has 0 radical (unpaired) electrons. The molecule has 2 rings (SSSR count). The van der Waals surface area contributed by atoms with Gasteiger partial charge in [-0.2, -0.15) is 0 Å². The molecule has 0 bridgehead atoms. The van der Waals surface area contributed by atoms with Gasteiger partial charge in [0.25, 0.3) is 0 Å². The van der Waals surface area contributed by atoms with Crippen molar-refractivity contribution in [2.75, 3.05) is 19.6 Å². The lowest BCUT2D eigenvalue weighted by molar-refractivity contribution is 0.332. The van der Waals surface area contributed by atoms with Gasteiger partial charge in [0.1, 0.15) is 5.82 Å². The van der Waals surface area contributed by atoms with E-state index in [2.05, 4.69) is 25.7 Å². The van der Waals surface area contributed by atoms with Crippen LogP contribution in [0, 0.1) is 11.7 Å². The standard InChI is InChI=1S/C13H18FN.C3H8/c1-11-6-8-15(10-11)9-7-12-2-4-13(14)5-3-12;1-3-2/h2-5,11H,6-10H2,1H3;3H2,1-2H3. The monoisotopic (exact) mass is 251 g/mol. The van der Waals surface area contributed by atoms with Gasteiger partial charge in [0, 0.05) is 13.1 Å². The number of halogens is 1. The van der Waals surface area contributed by atoms with Crippen LogP contribution in [0.3, 0.4) is 0 Å². The summed E-state index contributed by atoms with van der Waals surface area (Å²) >= 11 is 0. The van der Waals surface area contributed by atoms with Crippen LogP contribution in [0.4, 0.5) is 4.39 Å². The summed E-state index contributed by atoms with van der Waals surface area (Å²) in [6.07, 6.45) is 3.61. The van der Waals surface area contributed by atoms with Crippen molar-refractivity contribution in [3.8, 4) is 0 Å². The first-order valence-corrected chi connectivity index (χ1v) is 7.12. The van der Waals surface area contributed by atoms with E-state index in [0.717, 1.165) is 18.9 Å². The highest BCUT2D eigenvalue weighted by atomic mass is 19.1. The summed E-state index contributed by atoms with van der Waals surface area (Å²) in [6.45, 7) is 10.1. The third-order valence-electron chi connectivity index (χ3n) is 3.14. The van der Waals surface area contributed by atoms with E-state index in [1.54, 1.807) is 12.1 Å². The molecule has 2 heteroatoms. The second-order valence-corrected chi connectivity index (χ2v) is 5.28. The third-order valence-corrected chi connectivity index (χ3v) is 3.14. The molecule has 0 amide bonds. The first-order valence-electron chi connectivity index (χ1n) is 7.12. The smallest absolute Gasteiger partial charge is 0.123 e. The molecule has 1 nitrogen and oxygen atoms in total. The molecule has 1 aromatic rings. The highest BCUT2D eigenvalue weighted by molar-refractivity contribution is 5.16. The maximum atomic E-state index is 12.7. The lowest BCUT2D eigenvalue weighted by atomic mass is 10.1. The van der Waals surface area contributed by atoms with E-state index in [9.17, 15) is 4.39 Å². The summed E-state index contributed by atoms with van der Waals surface area (Å²) < 4.78 is 12.7. The average Bonchev–Trinajstić information content (AvgIpc) is 2.76. The normalized spacial score (nSPS) is 19.4. The van der Waals surface area contributed by atoms with Crippen molar-refractivity contribution in [3.05, 3.63) is 35.6 Å². The molecule has 0 aromatic heterocycles. The van der Waals surface area contributed by atoms with Gasteiger partial charge in [-0.15, -0.1) is 0 Å². The lowest BCUT2D eigenvalue weighted by Gasteiger charge is -2.14. The molecule has 1 atom stereocenters.